The normalized spacial score (nSPS) is 21.2. The van der Waals surface area contributed by atoms with Gasteiger partial charge in [-0.25, -0.2) is 0 Å². The summed E-state index contributed by atoms with van der Waals surface area (Å²) in [4.78, 5) is 32.4. The third-order valence-corrected chi connectivity index (χ3v) is 6.48. The Bertz CT molecular complexity index is 649. The molecule has 2 fully saturated rings. The van der Waals surface area contributed by atoms with Crippen LogP contribution >= 0.6 is 0 Å². The zero-order chi connectivity index (χ0) is 19.9. The van der Waals surface area contributed by atoms with Crippen LogP contribution < -0.4 is 5.32 Å². The maximum Gasteiger partial charge on any atom is 0.270 e. The van der Waals surface area contributed by atoms with E-state index < -0.39 is 0 Å². The lowest BCUT2D eigenvalue weighted by molar-refractivity contribution is -0.121. The summed E-state index contributed by atoms with van der Waals surface area (Å²) in [5.41, 5.74) is 1.80. The van der Waals surface area contributed by atoms with Crippen LogP contribution in [0.3, 0.4) is 0 Å². The molecule has 0 radical (unpaired) electrons. The summed E-state index contributed by atoms with van der Waals surface area (Å²) in [6.45, 7) is 8.87. The monoisotopic (exact) mass is 388 g/mol. The van der Waals surface area contributed by atoms with E-state index in [1.807, 2.05) is 17.0 Å². The Kier molecular flexibility index (Phi) is 7.54. The highest BCUT2D eigenvalue weighted by molar-refractivity contribution is 5.92. The van der Waals surface area contributed by atoms with Gasteiger partial charge < -0.3 is 15.2 Å². The van der Waals surface area contributed by atoms with E-state index in [2.05, 4.69) is 29.0 Å². The van der Waals surface area contributed by atoms with E-state index in [9.17, 15) is 9.59 Å². The van der Waals surface area contributed by atoms with E-state index in [1.165, 1.54) is 12.8 Å². The Balaban J connectivity index is 1.34. The zero-order valence-electron chi connectivity index (χ0n) is 17.5. The number of aromatic amines is 1. The van der Waals surface area contributed by atoms with Crippen molar-refractivity contribution >= 4 is 11.8 Å². The topological polar surface area (TPSA) is 68.4 Å². The molecular weight excluding hydrogens is 352 g/mol. The first-order valence-corrected chi connectivity index (χ1v) is 11.1. The zero-order valence-corrected chi connectivity index (χ0v) is 17.5. The number of hydrogen-bond donors (Lipinski definition) is 2. The van der Waals surface area contributed by atoms with Gasteiger partial charge in [-0.05, 0) is 69.7 Å². The number of nitrogens with one attached hydrogen (secondary N) is 2. The molecule has 6 heteroatoms. The number of carbonyl (C=O) groups is 2. The van der Waals surface area contributed by atoms with Crippen molar-refractivity contribution in [1.82, 2.24) is 20.1 Å². The summed E-state index contributed by atoms with van der Waals surface area (Å²) >= 11 is 0. The SMILES string of the molecule is CCc1ccc(C(=O)N2CCC(CCC(=O)NCC3CCCN3CC)CC2)[nH]1. The van der Waals surface area contributed by atoms with Crippen LogP contribution in [-0.4, -0.2) is 65.4 Å². The summed E-state index contributed by atoms with van der Waals surface area (Å²) < 4.78 is 0. The highest BCUT2D eigenvalue weighted by Crippen LogP contribution is 2.23. The van der Waals surface area contributed by atoms with Crippen molar-refractivity contribution in [2.75, 3.05) is 32.7 Å². The molecular formula is C22H36N4O2. The fourth-order valence-corrected chi connectivity index (χ4v) is 4.56. The molecule has 0 saturated carbocycles. The minimum atomic E-state index is 0.105. The van der Waals surface area contributed by atoms with E-state index >= 15 is 0 Å². The number of H-pyrrole nitrogens is 1. The maximum atomic E-state index is 12.6. The maximum absolute atomic E-state index is 12.6. The smallest absolute Gasteiger partial charge is 0.270 e. The summed E-state index contributed by atoms with van der Waals surface area (Å²) in [6.07, 6.45) is 6.87. The summed E-state index contributed by atoms with van der Waals surface area (Å²) in [7, 11) is 0. The first kappa shape index (κ1) is 20.9. The molecule has 2 aliphatic rings. The van der Waals surface area contributed by atoms with E-state index in [-0.39, 0.29) is 11.8 Å². The van der Waals surface area contributed by atoms with Gasteiger partial charge in [-0.15, -0.1) is 0 Å². The average molecular weight is 389 g/mol. The first-order valence-electron chi connectivity index (χ1n) is 11.1. The van der Waals surface area contributed by atoms with Crippen LogP contribution in [0.1, 0.15) is 68.6 Å². The summed E-state index contributed by atoms with van der Waals surface area (Å²) in [6, 6.07) is 4.40. The van der Waals surface area contributed by atoms with Crippen LogP contribution in [-0.2, 0) is 11.2 Å². The average Bonchev–Trinajstić information content (AvgIpc) is 3.39. The number of likely N-dealkylation sites (tertiary alicyclic amines) is 2. The number of amides is 2. The molecule has 156 valence electrons. The van der Waals surface area contributed by atoms with Crippen molar-refractivity contribution in [2.24, 2.45) is 5.92 Å². The minimum absolute atomic E-state index is 0.105. The third kappa shape index (κ3) is 5.37. The quantitative estimate of drug-likeness (QED) is 0.720. The molecule has 6 nitrogen and oxygen atoms in total. The van der Waals surface area contributed by atoms with E-state index in [0.717, 1.165) is 64.1 Å². The minimum Gasteiger partial charge on any atom is -0.355 e. The molecule has 2 aliphatic heterocycles. The van der Waals surface area contributed by atoms with Gasteiger partial charge in [0.1, 0.15) is 5.69 Å². The standard InChI is InChI=1S/C22H36N4O2/c1-3-18-8-9-20(24-18)22(28)26-14-11-17(12-15-26)7-10-21(27)23-16-19-6-5-13-25(19)4-2/h8-9,17,19,24H,3-7,10-16H2,1-2H3,(H,23,27). The predicted molar refractivity (Wildman–Crippen MR) is 111 cm³/mol. The Morgan fingerprint density at radius 2 is 1.93 bits per heavy atom. The molecule has 1 atom stereocenters. The second kappa shape index (κ2) is 10.1. The number of nitrogens with zero attached hydrogens (tertiary/aromatic N) is 2. The van der Waals surface area contributed by atoms with Gasteiger partial charge in [-0.2, -0.15) is 0 Å². The molecule has 0 aliphatic carbocycles. The number of carbonyl (C=O) groups excluding carboxylic acids is 2. The van der Waals surface area contributed by atoms with Crippen molar-refractivity contribution in [2.45, 2.75) is 64.8 Å². The van der Waals surface area contributed by atoms with Gasteiger partial charge in [0.25, 0.3) is 5.91 Å². The van der Waals surface area contributed by atoms with Gasteiger partial charge in [-0.3, -0.25) is 14.5 Å². The largest absolute Gasteiger partial charge is 0.355 e. The molecule has 1 aromatic heterocycles. The van der Waals surface area contributed by atoms with E-state index in [4.69, 9.17) is 0 Å². The molecule has 0 spiro atoms. The number of likely N-dealkylation sites (N-methyl/N-ethyl adjacent to an activating group) is 1. The third-order valence-electron chi connectivity index (χ3n) is 6.48. The molecule has 2 N–H and O–H groups in total. The van der Waals surface area contributed by atoms with Crippen LogP contribution in [0.25, 0.3) is 0 Å². The Hall–Kier alpha value is -1.82. The molecule has 1 unspecified atom stereocenters. The van der Waals surface area contributed by atoms with Gasteiger partial charge in [0.2, 0.25) is 5.91 Å². The van der Waals surface area contributed by atoms with Crippen LogP contribution in [0.4, 0.5) is 0 Å². The second-order valence-electron chi connectivity index (χ2n) is 8.25. The molecule has 3 rings (SSSR count). The Morgan fingerprint density at radius 1 is 1.14 bits per heavy atom. The highest BCUT2D eigenvalue weighted by atomic mass is 16.2. The van der Waals surface area contributed by atoms with Crippen LogP contribution in [0.2, 0.25) is 0 Å². The van der Waals surface area contributed by atoms with E-state index in [0.29, 0.717) is 24.1 Å². The van der Waals surface area contributed by atoms with Gasteiger partial charge in [-0.1, -0.05) is 13.8 Å². The van der Waals surface area contributed by atoms with Crippen LogP contribution in [0.5, 0.6) is 0 Å². The Labute approximate surface area is 169 Å². The highest BCUT2D eigenvalue weighted by Gasteiger charge is 2.26. The fourth-order valence-electron chi connectivity index (χ4n) is 4.56. The van der Waals surface area contributed by atoms with Crippen molar-refractivity contribution < 1.29 is 9.59 Å². The fraction of sp³-hybridized carbons (Fsp3) is 0.727. The van der Waals surface area contributed by atoms with Crippen LogP contribution in [0, 0.1) is 5.92 Å². The lowest BCUT2D eigenvalue weighted by atomic mass is 9.92. The number of hydrogen-bond acceptors (Lipinski definition) is 3. The van der Waals surface area contributed by atoms with Gasteiger partial charge in [0.05, 0.1) is 0 Å². The molecule has 28 heavy (non-hydrogen) atoms. The van der Waals surface area contributed by atoms with Gasteiger partial charge in [0, 0.05) is 37.8 Å². The number of aromatic nitrogens is 1. The van der Waals surface area contributed by atoms with Gasteiger partial charge in [0.15, 0.2) is 0 Å². The number of piperidine rings is 1. The lowest BCUT2D eigenvalue weighted by Crippen LogP contribution is -2.40. The molecule has 0 bridgehead atoms. The van der Waals surface area contributed by atoms with E-state index in [1.54, 1.807) is 0 Å². The van der Waals surface area contributed by atoms with Crippen molar-refractivity contribution in [3.05, 3.63) is 23.5 Å². The van der Waals surface area contributed by atoms with Crippen LogP contribution in [0.15, 0.2) is 12.1 Å². The summed E-state index contributed by atoms with van der Waals surface area (Å²) in [5, 5.41) is 3.14. The first-order chi connectivity index (χ1) is 13.6. The molecule has 1 aromatic rings. The lowest BCUT2D eigenvalue weighted by Gasteiger charge is -2.31. The van der Waals surface area contributed by atoms with Crippen molar-refractivity contribution in [1.29, 1.82) is 0 Å². The molecule has 2 amide bonds. The Morgan fingerprint density at radius 3 is 2.61 bits per heavy atom. The van der Waals surface area contributed by atoms with Crippen molar-refractivity contribution in [3.8, 4) is 0 Å². The second-order valence-corrected chi connectivity index (χ2v) is 8.25. The number of rotatable bonds is 8. The molecule has 3 heterocycles. The van der Waals surface area contributed by atoms with Gasteiger partial charge >= 0.3 is 0 Å². The molecule has 2 saturated heterocycles. The number of aryl methyl sites for hydroxylation is 1. The predicted octanol–water partition coefficient (Wildman–Crippen LogP) is 2.81. The molecule has 0 aromatic carbocycles. The summed E-state index contributed by atoms with van der Waals surface area (Å²) in [5.74, 6) is 0.830. The van der Waals surface area contributed by atoms with Crippen molar-refractivity contribution in [3.63, 3.8) is 0 Å².